The van der Waals surface area contributed by atoms with E-state index in [1.54, 1.807) is 14.2 Å². The van der Waals surface area contributed by atoms with Crippen LogP contribution >= 0.6 is 11.6 Å². The minimum atomic E-state index is 0.167. The third-order valence-electron chi connectivity index (χ3n) is 5.62. The van der Waals surface area contributed by atoms with Gasteiger partial charge in [-0.15, -0.1) is 0 Å². The second-order valence-corrected chi connectivity index (χ2v) is 8.12. The van der Waals surface area contributed by atoms with Gasteiger partial charge in [-0.1, -0.05) is 30.7 Å². The van der Waals surface area contributed by atoms with Crippen molar-refractivity contribution in [2.45, 2.75) is 45.2 Å². The first kappa shape index (κ1) is 22.4. The van der Waals surface area contributed by atoms with Crippen molar-refractivity contribution in [1.29, 1.82) is 0 Å². The molecule has 1 amide bonds. The molecule has 0 atom stereocenters. The standard InChI is InChI=1S/C24H31ClN2O3/c1-4-5-24(28)27(21-10-11-22(29-2)23(16-21)30-3)20-12-14-26(15-13-20)17-18-6-8-19(25)9-7-18/h6-11,16,20H,4-5,12-15,17H2,1-3H3. The second-order valence-electron chi connectivity index (χ2n) is 7.69. The lowest BCUT2D eigenvalue weighted by atomic mass is 10.0. The Bertz CT molecular complexity index is 833. The van der Waals surface area contributed by atoms with Crippen LogP contribution in [0.2, 0.25) is 5.02 Å². The van der Waals surface area contributed by atoms with E-state index in [0.29, 0.717) is 17.9 Å². The van der Waals surface area contributed by atoms with E-state index in [9.17, 15) is 4.79 Å². The Morgan fingerprint density at radius 1 is 1.07 bits per heavy atom. The predicted molar refractivity (Wildman–Crippen MR) is 122 cm³/mol. The molecular weight excluding hydrogens is 400 g/mol. The van der Waals surface area contributed by atoms with E-state index >= 15 is 0 Å². The average Bonchev–Trinajstić information content (AvgIpc) is 2.77. The fourth-order valence-corrected chi connectivity index (χ4v) is 4.18. The molecule has 1 aliphatic heterocycles. The number of rotatable bonds is 8. The van der Waals surface area contributed by atoms with Gasteiger partial charge in [0.05, 0.1) is 14.2 Å². The molecule has 3 rings (SSSR count). The van der Waals surface area contributed by atoms with Gasteiger partial charge in [0.1, 0.15) is 0 Å². The summed E-state index contributed by atoms with van der Waals surface area (Å²) in [5, 5.41) is 0.762. The first-order valence-corrected chi connectivity index (χ1v) is 10.9. The van der Waals surface area contributed by atoms with Crippen LogP contribution in [-0.2, 0) is 11.3 Å². The lowest BCUT2D eigenvalue weighted by Gasteiger charge is -2.39. The molecule has 5 nitrogen and oxygen atoms in total. The Kier molecular flexibility index (Phi) is 8.00. The van der Waals surface area contributed by atoms with Crippen molar-refractivity contribution in [3.05, 3.63) is 53.1 Å². The van der Waals surface area contributed by atoms with Crippen LogP contribution in [0.15, 0.2) is 42.5 Å². The predicted octanol–water partition coefficient (Wildman–Crippen LogP) is 5.15. The number of carbonyl (C=O) groups excluding carboxylic acids is 1. The molecular formula is C24H31ClN2O3. The molecule has 1 heterocycles. The monoisotopic (exact) mass is 430 g/mol. The number of amides is 1. The number of piperidine rings is 1. The lowest BCUT2D eigenvalue weighted by molar-refractivity contribution is -0.119. The molecule has 0 aromatic heterocycles. The Labute approximate surface area is 184 Å². The summed E-state index contributed by atoms with van der Waals surface area (Å²) in [5.41, 5.74) is 2.14. The summed E-state index contributed by atoms with van der Waals surface area (Å²) < 4.78 is 10.8. The zero-order chi connectivity index (χ0) is 21.5. The fraction of sp³-hybridized carbons (Fsp3) is 0.458. The van der Waals surface area contributed by atoms with Crippen molar-refractivity contribution in [3.63, 3.8) is 0 Å². The van der Waals surface area contributed by atoms with Gasteiger partial charge in [0, 0.05) is 48.9 Å². The molecule has 6 heteroatoms. The van der Waals surface area contributed by atoms with Crippen LogP contribution in [0.1, 0.15) is 38.2 Å². The van der Waals surface area contributed by atoms with E-state index < -0.39 is 0 Å². The molecule has 2 aromatic rings. The summed E-state index contributed by atoms with van der Waals surface area (Å²) in [4.78, 5) is 17.4. The molecule has 0 saturated carbocycles. The molecule has 0 radical (unpaired) electrons. The van der Waals surface area contributed by atoms with Crippen LogP contribution in [-0.4, -0.2) is 44.2 Å². The zero-order valence-electron chi connectivity index (χ0n) is 18.1. The second kappa shape index (κ2) is 10.7. The van der Waals surface area contributed by atoms with Crippen LogP contribution < -0.4 is 14.4 Å². The number of methoxy groups -OCH3 is 2. The van der Waals surface area contributed by atoms with Crippen LogP contribution in [0.4, 0.5) is 5.69 Å². The van der Waals surface area contributed by atoms with E-state index in [1.807, 2.05) is 42.2 Å². The summed E-state index contributed by atoms with van der Waals surface area (Å²) in [7, 11) is 3.24. The molecule has 1 aliphatic rings. The first-order valence-electron chi connectivity index (χ1n) is 10.6. The van der Waals surface area contributed by atoms with E-state index in [0.717, 1.165) is 49.6 Å². The van der Waals surface area contributed by atoms with Crippen molar-refractivity contribution in [3.8, 4) is 11.5 Å². The number of nitrogens with zero attached hydrogens (tertiary/aromatic N) is 2. The number of halogens is 1. The molecule has 0 aliphatic carbocycles. The van der Waals surface area contributed by atoms with E-state index in [-0.39, 0.29) is 11.9 Å². The zero-order valence-corrected chi connectivity index (χ0v) is 18.8. The van der Waals surface area contributed by atoms with Gasteiger partial charge >= 0.3 is 0 Å². The summed E-state index contributed by atoms with van der Waals surface area (Å²) in [6, 6.07) is 13.9. The number of hydrogen-bond acceptors (Lipinski definition) is 4. The van der Waals surface area contributed by atoms with Gasteiger partial charge in [-0.05, 0) is 49.1 Å². The molecule has 1 saturated heterocycles. The van der Waals surface area contributed by atoms with Crippen molar-refractivity contribution in [2.24, 2.45) is 0 Å². The van der Waals surface area contributed by atoms with Gasteiger partial charge < -0.3 is 14.4 Å². The highest BCUT2D eigenvalue weighted by atomic mass is 35.5. The Morgan fingerprint density at radius 2 is 1.73 bits per heavy atom. The number of hydrogen-bond donors (Lipinski definition) is 0. The maximum Gasteiger partial charge on any atom is 0.227 e. The summed E-state index contributed by atoms with van der Waals surface area (Å²) in [6.45, 7) is 4.86. The van der Waals surface area contributed by atoms with Crippen LogP contribution in [0.3, 0.4) is 0 Å². The highest BCUT2D eigenvalue weighted by molar-refractivity contribution is 6.30. The smallest absolute Gasteiger partial charge is 0.227 e. The van der Waals surface area contributed by atoms with Gasteiger partial charge in [-0.3, -0.25) is 9.69 Å². The topological polar surface area (TPSA) is 42.0 Å². The minimum Gasteiger partial charge on any atom is -0.493 e. The maximum absolute atomic E-state index is 13.0. The van der Waals surface area contributed by atoms with Crippen molar-refractivity contribution in [2.75, 3.05) is 32.2 Å². The average molecular weight is 431 g/mol. The van der Waals surface area contributed by atoms with Crippen molar-refractivity contribution >= 4 is 23.2 Å². The van der Waals surface area contributed by atoms with Gasteiger partial charge in [-0.25, -0.2) is 0 Å². The molecule has 0 unspecified atom stereocenters. The first-order chi connectivity index (χ1) is 14.5. The molecule has 0 N–H and O–H groups in total. The van der Waals surface area contributed by atoms with Gasteiger partial charge in [-0.2, -0.15) is 0 Å². The summed E-state index contributed by atoms with van der Waals surface area (Å²) >= 11 is 5.99. The summed E-state index contributed by atoms with van der Waals surface area (Å²) in [6.07, 6.45) is 3.26. The van der Waals surface area contributed by atoms with Gasteiger partial charge in [0.15, 0.2) is 11.5 Å². The molecule has 162 valence electrons. The van der Waals surface area contributed by atoms with Crippen LogP contribution in [0.5, 0.6) is 11.5 Å². The minimum absolute atomic E-state index is 0.167. The molecule has 0 bridgehead atoms. The number of anilines is 1. The Hall–Kier alpha value is -2.24. The highest BCUT2D eigenvalue weighted by Gasteiger charge is 2.29. The number of ether oxygens (including phenoxy) is 2. The molecule has 1 fully saturated rings. The fourth-order valence-electron chi connectivity index (χ4n) is 4.05. The normalized spacial score (nSPS) is 15.1. The largest absolute Gasteiger partial charge is 0.493 e. The highest BCUT2D eigenvalue weighted by Crippen LogP contribution is 2.34. The quantitative estimate of drug-likeness (QED) is 0.580. The molecule has 2 aromatic carbocycles. The third-order valence-corrected chi connectivity index (χ3v) is 5.87. The van der Waals surface area contributed by atoms with Crippen molar-refractivity contribution < 1.29 is 14.3 Å². The van der Waals surface area contributed by atoms with Gasteiger partial charge in [0.25, 0.3) is 0 Å². The van der Waals surface area contributed by atoms with Crippen LogP contribution in [0.25, 0.3) is 0 Å². The van der Waals surface area contributed by atoms with E-state index in [4.69, 9.17) is 21.1 Å². The van der Waals surface area contributed by atoms with E-state index in [2.05, 4.69) is 17.0 Å². The van der Waals surface area contributed by atoms with E-state index in [1.165, 1.54) is 5.56 Å². The van der Waals surface area contributed by atoms with Crippen molar-refractivity contribution in [1.82, 2.24) is 4.90 Å². The maximum atomic E-state index is 13.0. The molecule has 30 heavy (non-hydrogen) atoms. The lowest BCUT2D eigenvalue weighted by Crippen LogP contribution is -2.47. The number of benzene rings is 2. The molecule has 0 spiro atoms. The summed E-state index contributed by atoms with van der Waals surface area (Å²) in [5.74, 6) is 1.48. The number of carbonyl (C=O) groups is 1. The SMILES string of the molecule is CCCC(=O)N(c1ccc(OC)c(OC)c1)C1CCN(Cc2ccc(Cl)cc2)CC1. The third kappa shape index (κ3) is 5.46. The Balaban J connectivity index is 1.72. The van der Waals surface area contributed by atoms with Crippen LogP contribution in [0, 0.1) is 0 Å². The Morgan fingerprint density at radius 3 is 2.33 bits per heavy atom. The van der Waals surface area contributed by atoms with Gasteiger partial charge in [0.2, 0.25) is 5.91 Å². The number of likely N-dealkylation sites (tertiary alicyclic amines) is 1.